The van der Waals surface area contributed by atoms with Gasteiger partial charge < -0.3 is 5.32 Å². The van der Waals surface area contributed by atoms with E-state index in [1.54, 1.807) is 17.5 Å². The van der Waals surface area contributed by atoms with Crippen LogP contribution in [0.5, 0.6) is 0 Å². The molecule has 130 valence electrons. The molecular weight excluding hydrogens is 362 g/mol. The highest BCUT2D eigenvalue weighted by molar-refractivity contribution is 7.90. The molecule has 0 bridgehead atoms. The van der Waals surface area contributed by atoms with E-state index in [-0.39, 0.29) is 22.8 Å². The van der Waals surface area contributed by atoms with Gasteiger partial charge in [0.2, 0.25) is 11.8 Å². The summed E-state index contributed by atoms with van der Waals surface area (Å²) in [5, 5.41) is 13.3. The number of thiophene rings is 1. The number of carbonyl (C=O) groups excluding carboxylic acids is 2. The van der Waals surface area contributed by atoms with E-state index in [1.807, 2.05) is 10.8 Å². The second-order valence-electron chi connectivity index (χ2n) is 5.14. The Morgan fingerprint density at radius 1 is 1.28 bits per heavy atom. The molecule has 1 aromatic heterocycles. The largest absolute Gasteiger partial charge is 0.348 e. The van der Waals surface area contributed by atoms with Gasteiger partial charge in [-0.05, 0) is 29.6 Å². The fourth-order valence-corrected chi connectivity index (χ4v) is 3.94. The SMILES string of the molecule is CC(=O)NC(CC(=O)NS(=O)(=O)c1cccc(C#N)c1)c1cccs1. The monoisotopic (exact) mass is 377 g/mol. The average molecular weight is 377 g/mol. The zero-order valence-corrected chi connectivity index (χ0v) is 14.9. The highest BCUT2D eigenvalue weighted by Gasteiger charge is 2.23. The van der Waals surface area contributed by atoms with Crippen molar-refractivity contribution in [1.82, 2.24) is 10.0 Å². The molecule has 0 aliphatic heterocycles. The van der Waals surface area contributed by atoms with Crippen LogP contribution in [0.3, 0.4) is 0 Å². The number of hydrogen-bond acceptors (Lipinski definition) is 6. The number of nitrogens with zero attached hydrogens (tertiary/aromatic N) is 1. The van der Waals surface area contributed by atoms with Crippen LogP contribution in [0, 0.1) is 11.3 Å². The van der Waals surface area contributed by atoms with Crippen LogP contribution in [-0.2, 0) is 19.6 Å². The Morgan fingerprint density at radius 3 is 2.64 bits per heavy atom. The van der Waals surface area contributed by atoms with Crippen molar-refractivity contribution in [3.8, 4) is 6.07 Å². The molecule has 9 heteroatoms. The topological polar surface area (TPSA) is 116 Å². The molecule has 7 nitrogen and oxygen atoms in total. The number of benzene rings is 1. The first-order chi connectivity index (χ1) is 11.8. The molecule has 0 aliphatic carbocycles. The Hall–Kier alpha value is -2.70. The Morgan fingerprint density at radius 2 is 2.04 bits per heavy atom. The van der Waals surface area contributed by atoms with Crippen molar-refractivity contribution in [3.05, 3.63) is 52.2 Å². The summed E-state index contributed by atoms with van der Waals surface area (Å²) in [5.41, 5.74) is 0.171. The van der Waals surface area contributed by atoms with Crippen molar-refractivity contribution < 1.29 is 18.0 Å². The molecule has 0 fully saturated rings. The zero-order valence-electron chi connectivity index (χ0n) is 13.2. The number of nitrogens with one attached hydrogen (secondary N) is 2. The van der Waals surface area contributed by atoms with Gasteiger partial charge in [0.1, 0.15) is 0 Å². The molecule has 0 saturated carbocycles. The first-order valence-corrected chi connectivity index (χ1v) is 9.54. The van der Waals surface area contributed by atoms with Crippen LogP contribution in [0.25, 0.3) is 0 Å². The number of carbonyl (C=O) groups is 2. The van der Waals surface area contributed by atoms with E-state index in [2.05, 4.69) is 5.32 Å². The van der Waals surface area contributed by atoms with Crippen molar-refractivity contribution >= 4 is 33.2 Å². The minimum Gasteiger partial charge on any atom is -0.348 e. The minimum absolute atomic E-state index is 0.171. The lowest BCUT2D eigenvalue weighted by Crippen LogP contribution is -2.35. The smallest absolute Gasteiger partial charge is 0.264 e. The van der Waals surface area contributed by atoms with Crippen LogP contribution >= 0.6 is 11.3 Å². The quantitative estimate of drug-likeness (QED) is 0.795. The van der Waals surface area contributed by atoms with Gasteiger partial charge in [-0.15, -0.1) is 11.3 Å². The van der Waals surface area contributed by atoms with E-state index in [4.69, 9.17) is 5.26 Å². The first-order valence-electron chi connectivity index (χ1n) is 7.18. The summed E-state index contributed by atoms with van der Waals surface area (Å²) in [6.07, 6.45) is -0.225. The Labute approximate surface area is 149 Å². The highest BCUT2D eigenvalue weighted by Crippen LogP contribution is 2.22. The van der Waals surface area contributed by atoms with Gasteiger partial charge >= 0.3 is 0 Å². The second kappa shape index (κ2) is 7.92. The summed E-state index contributed by atoms with van der Waals surface area (Å²) in [6.45, 7) is 1.32. The normalized spacial score (nSPS) is 12.0. The number of sulfonamides is 1. The number of nitriles is 1. The zero-order chi connectivity index (χ0) is 18.4. The molecule has 2 N–H and O–H groups in total. The van der Waals surface area contributed by atoms with Gasteiger partial charge in [-0.2, -0.15) is 5.26 Å². The lowest BCUT2D eigenvalue weighted by molar-refractivity contribution is -0.121. The Kier molecular flexibility index (Phi) is 5.90. The molecule has 2 amide bonds. The van der Waals surface area contributed by atoms with Crippen molar-refractivity contribution in [2.75, 3.05) is 0 Å². The molecule has 25 heavy (non-hydrogen) atoms. The van der Waals surface area contributed by atoms with E-state index < -0.39 is 22.0 Å². The van der Waals surface area contributed by atoms with Crippen LogP contribution < -0.4 is 10.0 Å². The van der Waals surface area contributed by atoms with Gasteiger partial charge in [-0.1, -0.05) is 12.1 Å². The maximum absolute atomic E-state index is 12.3. The van der Waals surface area contributed by atoms with Crippen LogP contribution in [-0.4, -0.2) is 20.2 Å². The second-order valence-corrected chi connectivity index (χ2v) is 7.80. The fraction of sp³-hybridized carbons (Fsp3) is 0.188. The van der Waals surface area contributed by atoms with E-state index in [0.717, 1.165) is 4.88 Å². The predicted molar refractivity (Wildman–Crippen MR) is 92.0 cm³/mol. The van der Waals surface area contributed by atoms with Crippen molar-refractivity contribution in [1.29, 1.82) is 5.26 Å². The number of amides is 2. The van der Waals surface area contributed by atoms with Gasteiger partial charge in [-0.3, -0.25) is 9.59 Å². The maximum Gasteiger partial charge on any atom is 0.264 e. The van der Waals surface area contributed by atoms with Gasteiger partial charge in [0.05, 0.1) is 29.0 Å². The Bertz CT molecular complexity index is 915. The molecule has 1 unspecified atom stereocenters. The lowest BCUT2D eigenvalue weighted by atomic mass is 10.1. The first kappa shape index (κ1) is 18.6. The standard InChI is InChI=1S/C16H15N3O4S2/c1-11(20)18-14(15-6-3-7-24-15)9-16(21)19-25(22,23)13-5-2-4-12(8-13)10-17/h2-8,14H,9H2,1H3,(H,18,20)(H,19,21). The van der Waals surface area contributed by atoms with E-state index in [9.17, 15) is 18.0 Å². The molecule has 0 saturated heterocycles. The van der Waals surface area contributed by atoms with Crippen LogP contribution in [0.15, 0.2) is 46.7 Å². The fourth-order valence-electron chi connectivity index (χ4n) is 2.13. The molecule has 2 rings (SSSR count). The number of hydrogen-bond donors (Lipinski definition) is 2. The van der Waals surface area contributed by atoms with Crippen molar-refractivity contribution in [2.24, 2.45) is 0 Å². The summed E-state index contributed by atoms with van der Waals surface area (Å²) >= 11 is 1.35. The van der Waals surface area contributed by atoms with Gasteiger partial charge in [0.25, 0.3) is 10.0 Å². The molecular formula is C16H15N3O4S2. The molecule has 1 heterocycles. The minimum atomic E-state index is -4.09. The van der Waals surface area contributed by atoms with Crippen LogP contribution in [0.2, 0.25) is 0 Å². The van der Waals surface area contributed by atoms with Crippen LogP contribution in [0.4, 0.5) is 0 Å². The van der Waals surface area contributed by atoms with E-state index in [0.29, 0.717) is 0 Å². The summed E-state index contributed by atoms with van der Waals surface area (Å²) < 4.78 is 26.5. The van der Waals surface area contributed by atoms with Crippen molar-refractivity contribution in [2.45, 2.75) is 24.3 Å². The molecule has 0 radical (unpaired) electrons. The molecule has 0 aliphatic rings. The highest BCUT2D eigenvalue weighted by atomic mass is 32.2. The van der Waals surface area contributed by atoms with E-state index in [1.165, 1.54) is 42.5 Å². The van der Waals surface area contributed by atoms with Gasteiger partial charge in [-0.25, -0.2) is 13.1 Å². The molecule has 1 atom stereocenters. The summed E-state index contributed by atoms with van der Waals surface area (Å²) in [6, 6.07) is 10.1. The predicted octanol–water partition coefficient (Wildman–Crippen LogP) is 1.69. The third-order valence-corrected chi connectivity index (χ3v) is 5.53. The maximum atomic E-state index is 12.3. The number of rotatable bonds is 6. The molecule has 1 aromatic carbocycles. The van der Waals surface area contributed by atoms with Crippen molar-refractivity contribution in [3.63, 3.8) is 0 Å². The summed E-state index contributed by atoms with van der Waals surface area (Å²) in [7, 11) is -4.09. The Balaban J connectivity index is 2.14. The van der Waals surface area contributed by atoms with Crippen LogP contribution in [0.1, 0.15) is 29.8 Å². The molecule has 2 aromatic rings. The van der Waals surface area contributed by atoms with Gasteiger partial charge in [0.15, 0.2) is 0 Å². The van der Waals surface area contributed by atoms with E-state index >= 15 is 0 Å². The third-order valence-electron chi connectivity index (χ3n) is 3.18. The third kappa shape index (κ3) is 5.14. The lowest BCUT2D eigenvalue weighted by Gasteiger charge is -2.16. The summed E-state index contributed by atoms with van der Waals surface area (Å²) in [4.78, 5) is 24.1. The van der Waals surface area contributed by atoms with Gasteiger partial charge in [0, 0.05) is 11.8 Å². The molecule has 0 spiro atoms. The summed E-state index contributed by atoms with van der Waals surface area (Å²) in [5.74, 6) is -1.08. The average Bonchev–Trinajstić information content (AvgIpc) is 3.08.